The average Bonchev–Trinajstić information content (AvgIpc) is 2.91. The number of hydrogen-bond acceptors (Lipinski definition) is 3. The van der Waals surface area contributed by atoms with Crippen molar-refractivity contribution in [3.8, 4) is 0 Å². The minimum atomic E-state index is -0.932. The summed E-state index contributed by atoms with van der Waals surface area (Å²) in [7, 11) is 0. The third-order valence-corrected chi connectivity index (χ3v) is 3.46. The summed E-state index contributed by atoms with van der Waals surface area (Å²) in [6, 6.07) is 6.58. The molecule has 2 atom stereocenters. The van der Waals surface area contributed by atoms with Crippen molar-refractivity contribution in [1.29, 1.82) is 0 Å². The number of benzene rings is 1. The maximum Gasteiger partial charge on any atom is 0.242 e. The average molecular weight is 285 g/mol. The van der Waals surface area contributed by atoms with Crippen molar-refractivity contribution >= 4 is 18.3 Å². The highest BCUT2D eigenvalue weighted by Crippen LogP contribution is 2.19. The van der Waals surface area contributed by atoms with Crippen LogP contribution in [0.15, 0.2) is 24.3 Å². The predicted molar refractivity (Wildman–Crippen MR) is 77.2 cm³/mol. The molecule has 2 unspecified atom stereocenters. The van der Waals surface area contributed by atoms with E-state index in [1.807, 2.05) is 31.2 Å². The van der Waals surface area contributed by atoms with E-state index in [1.54, 1.807) is 4.90 Å². The molecule has 4 nitrogen and oxygen atoms in total. The van der Waals surface area contributed by atoms with Gasteiger partial charge in [-0.3, -0.25) is 4.79 Å². The Hall–Kier alpha value is -1.10. The number of aryl methyl sites for hydroxylation is 1. The molecule has 5 heteroatoms. The van der Waals surface area contributed by atoms with E-state index >= 15 is 0 Å². The highest BCUT2D eigenvalue weighted by atomic mass is 35.5. The van der Waals surface area contributed by atoms with Crippen LogP contribution >= 0.6 is 12.4 Å². The van der Waals surface area contributed by atoms with Crippen LogP contribution in [0.1, 0.15) is 30.1 Å². The molecule has 3 N–H and O–H groups in total. The number of aliphatic hydroxyl groups excluding tert-OH is 1. The minimum absolute atomic E-state index is 0. The molecule has 2 rings (SSSR count). The van der Waals surface area contributed by atoms with E-state index in [-0.39, 0.29) is 18.3 Å². The van der Waals surface area contributed by atoms with Crippen molar-refractivity contribution in [3.05, 3.63) is 35.4 Å². The first-order chi connectivity index (χ1) is 8.59. The first-order valence-electron chi connectivity index (χ1n) is 6.38. The van der Waals surface area contributed by atoms with Crippen molar-refractivity contribution in [1.82, 2.24) is 4.90 Å². The van der Waals surface area contributed by atoms with Gasteiger partial charge in [-0.1, -0.05) is 29.8 Å². The van der Waals surface area contributed by atoms with Gasteiger partial charge >= 0.3 is 0 Å². The van der Waals surface area contributed by atoms with Crippen LogP contribution in [0.3, 0.4) is 0 Å². The van der Waals surface area contributed by atoms with Crippen molar-refractivity contribution < 1.29 is 9.90 Å². The van der Waals surface area contributed by atoms with Crippen LogP contribution in [0.4, 0.5) is 0 Å². The maximum atomic E-state index is 12.1. The van der Waals surface area contributed by atoms with Crippen LogP contribution in [0, 0.1) is 6.92 Å². The van der Waals surface area contributed by atoms with Crippen LogP contribution in [0.25, 0.3) is 0 Å². The smallest absolute Gasteiger partial charge is 0.242 e. The largest absolute Gasteiger partial charge is 0.386 e. The lowest BCUT2D eigenvalue weighted by Crippen LogP contribution is -2.45. The molecular weight excluding hydrogens is 264 g/mol. The molecule has 0 radical (unpaired) electrons. The van der Waals surface area contributed by atoms with Gasteiger partial charge in [0.05, 0.1) is 0 Å². The second-order valence-corrected chi connectivity index (χ2v) is 4.91. The van der Waals surface area contributed by atoms with Gasteiger partial charge in [-0.25, -0.2) is 0 Å². The topological polar surface area (TPSA) is 66.6 Å². The Morgan fingerprint density at radius 2 is 1.79 bits per heavy atom. The fraction of sp³-hybridized carbons (Fsp3) is 0.500. The summed E-state index contributed by atoms with van der Waals surface area (Å²) in [4.78, 5) is 13.8. The molecule has 1 aliphatic rings. The number of carbonyl (C=O) groups is 1. The van der Waals surface area contributed by atoms with E-state index in [0.29, 0.717) is 5.56 Å². The van der Waals surface area contributed by atoms with E-state index in [0.717, 1.165) is 31.5 Å². The van der Waals surface area contributed by atoms with E-state index < -0.39 is 12.1 Å². The van der Waals surface area contributed by atoms with Gasteiger partial charge < -0.3 is 15.7 Å². The molecule has 0 aliphatic carbocycles. The number of nitrogens with zero attached hydrogens (tertiary/aromatic N) is 1. The Kier molecular flexibility index (Phi) is 5.79. The zero-order valence-corrected chi connectivity index (χ0v) is 11.9. The quantitative estimate of drug-likeness (QED) is 0.882. The Morgan fingerprint density at radius 3 is 2.32 bits per heavy atom. The number of nitrogens with two attached hydrogens (primary N) is 1. The van der Waals surface area contributed by atoms with E-state index in [1.165, 1.54) is 0 Å². The monoisotopic (exact) mass is 284 g/mol. The summed E-state index contributed by atoms with van der Waals surface area (Å²) in [5, 5.41) is 10.1. The third kappa shape index (κ3) is 3.69. The standard InChI is InChI=1S/C14H20N2O2.ClH/c1-10-4-6-11(7-5-10)13(17)12(15)14(18)16-8-2-3-9-16;/h4-7,12-13,17H,2-3,8-9,15H2,1H3;1H. The van der Waals surface area contributed by atoms with Crippen LogP contribution in [0.2, 0.25) is 0 Å². The first-order valence-corrected chi connectivity index (χ1v) is 6.38. The zero-order valence-electron chi connectivity index (χ0n) is 11.1. The van der Waals surface area contributed by atoms with Gasteiger partial charge in [0, 0.05) is 13.1 Å². The number of hydrogen-bond donors (Lipinski definition) is 2. The normalized spacial score (nSPS) is 17.7. The summed E-state index contributed by atoms with van der Waals surface area (Å²) >= 11 is 0. The Labute approximate surface area is 120 Å². The Morgan fingerprint density at radius 1 is 1.26 bits per heavy atom. The fourth-order valence-electron chi connectivity index (χ4n) is 2.25. The third-order valence-electron chi connectivity index (χ3n) is 3.46. The summed E-state index contributed by atoms with van der Waals surface area (Å²) in [6.45, 7) is 3.49. The number of amides is 1. The first kappa shape index (κ1) is 16.0. The summed E-state index contributed by atoms with van der Waals surface area (Å²) in [5.41, 5.74) is 7.68. The van der Waals surface area contributed by atoms with Gasteiger partial charge in [0.2, 0.25) is 5.91 Å². The summed E-state index contributed by atoms with van der Waals surface area (Å²) < 4.78 is 0. The second kappa shape index (κ2) is 6.89. The van der Waals surface area contributed by atoms with Gasteiger partial charge in [0.25, 0.3) is 0 Å². The van der Waals surface area contributed by atoms with Crippen LogP contribution in [-0.4, -0.2) is 35.0 Å². The summed E-state index contributed by atoms with van der Waals surface area (Å²) in [6.07, 6.45) is 1.12. The SMILES string of the molecule is Cc1ccc(C(O)C(N)C(=O)N2CCCC2)cc1.Cl. The van der Waals surface area contributed by atoms with Gasteiger partial charge in [-0.05, 0) is 25.3 Å². The zero-order chi connectivity index (χ0) is 13.1. The van der Waals surface area contributed by atoms with E-state index in [9.17, 15) is 9.90 Å². The molecule has 0 saturated carbocycles. The number of aliphatic hydroxyl groups is 1. The van der Waals surface area contributed by atoms with Crippen LogP contribution in [0.5, 0.6) is 0 Å². The lowest BCUT2D eigenvalue weighted by molar-refractivity contribution is -0.134. The molecule has 1 fully saturated rings. The number of rotatable bonds is 3. The summed E-state index contributed by atoms with van der Waals surface area (Å²) in [5.74, 6) is -0.152. The molecule has 1 heterocycles. The molecule has 1 amide bonds. The van der Waals surface area contributed by atoms with Crippen LogP contribution < -0.4 is 5.73 Å². The number of halogens is 1. The molecule has 1 saturated heterocycles. The van der Waals surface area contributed by atoms with Crippen molar-refractivity contribution in [2.24, 2.45) is 5.73 Å². The molecule has 1 aromatic rings. The lowest BCUT2D eigenvalue weighted by Gasteiger charge is -2.24. The lowest BCUT2D eigenvalue weighted by atomic mass is 10.0. The van der Waals surface area contributed by atoms with Gasteiger partial charge in [-0.15, -0.1) is 12.4 Å². The number of likely N-dealkylation sites (tertiary alicyclic amines) is 1. The predicted octanol–water partition coefficient (Wildman–Crippen LogP) is 1.40. The molecule has 1 aromatic carbocycles. The van der Waals surface area contributed by atoms with Crippen LogP contribution in [-0.2, 0) is 4.79 Å². The highest BCUT2D eigenvalue weighted by Gasteiger charge is 2.29. The Bertz CT molecular complexity index is 416. The molecule has 0 bridgehead atoms. The number of carbonyl (C=O) groups excluding carboxylic acids is 1. The van der Waals surface area contributed by atoms with Gasteiger partial charge in [-0.2, -0.15) is 0 Å². The highest BCUT2D eigenvalue weighted by molar-refractivity contribution is 5.85. The van der Waals surface area contributed by atoms with Gasteiger partial charge in [0.1, 0.15) is 12.1 Å². The Balaban J connectivity index is 0.00000180. The van der Waals surface area contributed by atoms with Crippen molar-refractivity contribution in [2.45, 2.75) is 31.9 Å². The van der Waals surface area contributed by atoms with Gasteiger partial charge in [0.15, 0.2) is 0 Å². The molecule has 106 valence electrons. The molecular formula is C14H21ClN2O2. The molecule has 0 aromatic heterocycles. The van der Waals surface area contributed by atoms with Crippen molar-refractivity contribution in [3.63, 3.8) is 0 Å². The second-order valence-electron chi connectivity index (χ2n) is 4.91. The fourth-order valence-corrected chi connectivity index (χ4v) is 2.25. The molecule has 0 spiro atoms. The van der Waals surface area contributed by atoms with Crippen molar-refractivity contribution in [2.75, 3.05) is 13.1 Å². The minimum Gasteiger partial charge on any atom is -0.386 e. The van der Waals surface area contributed by atoms with E-state index in [2.05, 4.69) is 0 Å². The molecule has 19 heavy (non-hydrogen) atoms. The maximum absolute atomic E-state index is 12.1. The molecule has 1 aliphatic heterocycles. The van der Waals surface area contributed by atoms with E-state index in [4.69, 9.17) is 5.73 Å².